The van der Waals surface area contributed by atoms with Gasteiger partial charge in [0.05, 0.1) is 12.5 Å². The number of esters is 2. The lowest BCUT2D eigenvalue weighted by Gasteiger charge is -2.59. The molecule has 0 aromatic heterocycles. The van der Waals surface area contributed by atoms with E-state index in [2.05, 4.69) is 6.92 Å². The van der Waals surface area contributed by atoms with Crippen LogP contribution in [0.25, 0.3) is 0 Å². The number of carboxylic acid groups (broad SMARTS) is 1. The highest BCUT2D eigenvalue weighted by atomic mass is 16.6. The van der Waals surface area contributed by atoms with Gasteiger partial charge in [0.2, 0.25) is 11.7 Å². The second-order valence-electron chi connectivity index (χ2n) is 13.8. The quantitative estimate of drug-likeness (QED) is 0.395. The number of fused-ring (bicyclic) bond motifs is 5. The SMILES string of the molecule is CC(=O)O[C@]1(C(=O)COC(=O)CCC(=O)N2C[C@@H](O)C[C@H]2C(=O)O)CC[C@H]2[C@@H]3CCC4=CC(=O)CC[C@]4(C)[C@H]3CC[C@@]21C. The van der Waals surface area contributed by atoms with E-state index in [1.54, 1.807) is 0 Å². The number of β-amino-alcohol motifs (C(OH)–C–C–N with tert-alkyl or cyclic N) is 1. The summed E-state index contributed by atoms with van der Waals surface area (Å²) in [6.45, 7) is 4.88. The zero-order chi connectivity index (χ0) is 31.3. The fourth-order valence-electron chi connectivity index (χ4n) is 9.50. The molecule has 5 aliphatic rings. The van der Waals surface area contributed by atoms with Crippen molar-refractivity contribution in [2.24, 2.45) is 28.6 Å². The minimum atomic E-state index is -1.43. The van der Waals surface area contributed by atoms with Crippen LogP contribution in [0.4, 0.5) is 0 Å². The first kappa shape index (κ1) is 31.3. The molecule has 0 aromatic carbocycles. The molecular weight excluding hydrogens is 558 g/mol. The third kappa shape index (κ3) is 5.31. The van der Waals surface area contributed by atoms with E-state index in [9.17, 15) is 39.0 Å². The maximum atomic E-state index is 13.9. The first-order chi connectivity index (χ1) is 20.2. The van der Waals surface area contributed by atoms with Gasteiger partial charge in [-0.25, -0.2) is 4.79 Å². The number of ether oxygens (including phenoxy) is 2. The van der Waals surface area contributed by atoms with Crippen molar-refractivity contribution in [1.29, 1.82) is 0 Å². The van der Waals surface area contributed by atoms with Gasteiger partial charge < -0.3 is 24.6 Å². The van der Waals surface area contributed by atoms with E-state index in [1.807, 2.05) is 13.0 Å². The lowest BCUT2D eigenvalue weighted by atomic mass is 9.46. The zero-order valence-electron chi connectivity index (χ0n) is 25.3. The number of hydrogen-bond donors (Lipinski definition) is 2. The summed E-state index contributed by atoms with van der Waals surface area (Å²) in [6.07, 6.45) is 5.90. The van der Waals surface area contributed by atoms with Crippen molar-refractivity contribution in [3.05, 3.63) is 11.6 Å². The third-order valence-corrected chi connectivity index (χ3v) is 11.6. The summed E-state index contributed by atoms with van der Waals surface area (Å²) in [4.78, 5) is 76.1. The van der Waals surface area contributed by atoms with Gasteiger partial charge in [-0.1, -0.05) is 19.4 Å². The number of amides is 1. The number of carbonyl (C=O) groups excluding carboxylic acids is 5. The lowest BCUT2D eigenvalue weighted by Crippen LogP contribution is -2.59. The van der Waals surface area contributed by atoms with Crippen molar-refractivity contribution in [2.45, 2.75) is 109 Å². The van der Waals surface area contributed by atoms with E-state index < -0.39 is 59.4 Å². The fraction of sp³-hybridized carbons (Fsp3) is 0.750. The molecular formula is C32H43NO10. The average Bonchev–Trinajstić information content (AvgIpc) is 3.48. The number of aliphatic hydroxyl groups is 1. The van der Waals surface area contributed by atoms with Gasteiger partial charge in [0.1, 0.15) is 6.04 Å². The van der Waals surface area contributed by atoms with Crippen LogP contribution in [0.2, 0.25) is 0 Å². The van der Waals surface area contributed by atoms with Crippen LogP contribution < -0.4 is 0 Å². The Kier molecular flexibility index (Phi) is 8.35. The van der Waals surface area contributed by atoms with Gasteiger partial charge in [0, 0.05) is 38.1 Å². The number of allylic oxidation sites excluding steroid dienone is 1. The molecule has 2 N–H and O–H groups in total. The molecule has 0 aromatic rings. The first-order valence-electron chi connectivity index (χ1n) is 15.5. The number of hydrogen-bond acceptors (Lipinski definition) is 9. The van der Waals surface area contributed by atoms with Gasteiger partial charge in [-0.2, -0.15) is 0 Å². The molecule has 1 heterocycles. The second-order valence-corrected chi connectivity index (χ2v) is 13.8. The fourth-order valence-corrected chi connectivity index (χ4v) is 9.50. The van der Waals surface area contributed by atoms with Crippen LogP contribution in [0.1, 0.15) is 91.4 Å². The third-order valence-electron chi connectivity index (χ3n) is 11.6. The molecule has 0 radical (unpaired) electrons. The number of Topliss-reactive ketones (excluding diaryl/α,β-unsaturated/α-hetero) is 1. The predicted octanol–water partition coefficient (Wildman–Crippen LogP) is 2.76. The summed E-state index contributed by atoms with van der Waals surface area (Å²) in [5, 5.41) is 19.1. The predicted molar refractivity (Wildman–Crippen MR) is 150 cm³/mol. The Morgan fingerprint density at radius 2 is 1.72 bits per heavy atom. The standard InChI is InChI=1S/C32H43NO10/c1-18(34)43-32(26(37)17-42-28(39)7-6-27(38)33-16-21(36)15-25(33)29(40)41)13-10-24-22-5-4-19-14-20(35)8-11-30(19,2)23(22)9-12-31(24,32)3/h14,21-25,36H,4-13,15-17H2,1-3H3,(H,40,41)/t21-,22+,23-,24-,25-,30-,31-,32-/m0/s1. The summed E-state index contributed by atoms with van der Waals surface area (Å²) < 4.78 is 11.2. The smallest absolute Gasteiger partial charge is 0.326 e. The second kappa shape index (κ2) is 11.4. The average molecular weight is 602 g/mol. The highest BCUT2D eigenvalue weighted by Gasteiger charge is 2.68. The minimum absolute atomic E-state index is 0.0422. The van der Waals surface area contributed by atoms with E-state index in [-0.39, 0.29) is 42.9 Å². The van der Waals surface area contributed by atoms with Crippen molar-refractivity contribution in [1.82, 2.24) is 4.90 Å². The summed E-state index contributed by atoms with van der Waals surface area (Å²) in [6, 6.07) is -1.15. The van der Waals surface area contributed by atoms with Crippen LogP contribution in [-0.2, 0) is 38.2 Å². The van der Waals surface area contributed by atoms with Gasteiger partial charge in [-0.05, 0) is 74.2 Å². The van der Waals surface area contributed by atoms with Crippen LogP contribution >= 0.6 is 0 Å². The number of likely N-dealkylation sites (tertiary alicyclic amines) is 1. The molecule has 1 amide bonds. The van der Waals surface area contributed by atoms with Crippen molar-refractivity contribution in [2.75, 3.05) is 13.2 Å². The number of carbonyl (C=O) groups is 6. The molecule has 5 rings (SSSR count). The van der Waals surface area contributed by atoms with Crippen LogP contribution in [0.15, 0.2) is 11.6 Å². The summed E-state index contributed by atoms with van der Waals surface area (Å²) in [5.74, 6) is -2.59. The minimum Gasteiger partial charge on any atom is -0.480 e. The van der Waals surface area contributed by atoms with Gasteiger partial charge >= 0.3 is 17.9 Å². The summed E-state index contributed by atoms with van der Waals surface area (Å²) in [5.41, 5.74) is -0.855. The molecule has 43 heavy (non-hydrogen) atoms. The van der Waals surface area contributed by atoms with E-state index in [4.69, 9.17) is 9.47 Å². The van der Waals surface area contributed by atoms with E-state index in [0.29, 0.717) is 37.5 Å². The van der Waals surface area contributed by atoms with Crippen molar-refractivity contribution in [3.63, 3.8) is 0 Å². The summed E-state index contributed by atoms with van der Waals surface area (Å²) >= 11 is 0. The summed E-state index contributed by atoms with van der Waals surface area (Å²) in [7, 11) is 0. The van der Waals surface area contributed by atoms with Crippen LogP contribution in [-0.4, -0.2) is 81.4 Å². The Balaban J connectivity index is 1.25. The lowest BCUT2D eigenvalue weighted by molar-refractivity contribution is -0.191. The maximum absolute atomic E-state index is 13.9. The number of aliphatic hydroxyl groups excluding tert-OH is 1. The zero-order valence-corrected chi connectivity index (χ0v) is 25.3. The molecule has 0 bridgehead atoms. The molecule has 4 fully saturated rings. The number of ketones is 2. The van der Waals surface area contributed by atoms with E-state index in [0.717, 1.165) is 30.6 Å². The molecule has 11 nitrogen and oxygen atoms in total. The van der Waals surface area contributed by atoms with Crippen LogP contribution in [0.3, 0.4) is 0 Å². The normalized spacial score (nSPS) is 38.3. The molecule has 4 aliphatic carbocycles. The molecule has 236 valence electrons. The van der Waals surface area contributed by atoms with Crippen molar-refractivity contribution < 1.29 is 48.5 Å². The Bertz CT molecular complexity index is 1260. The van der Waals surface area contributed by atoms with Gasteiger partial charge in [-0.15, -0.1) is 0 Å². The number of nitrogens with zero attached hydrogens (tertiary/aromatic N) is 1. The molecule has 1 saturated heterocycles. The number of aliphatic carboxylic acids is 1. The Morgan fingerprint density at radius 1 is 1.00 bits per heavy atom. The highest BCUT2D eigenvalue weighted by Crippen LogP contribution is 2.68. The molecule has 0 spiro atoms. The number of carboxylic acids is 1. The Hall–Kier alpha value is -3.08. The maximum Gasteiger partial charge on any atom is 0.326 e. The topological polar surface area (TPSA) is 165 Å². The van der Waals surface area contributed by atoms with E-state index >= 15 is 0 Å². The largest absolute Gasteiger partial charge is 0.480 e. The van der Waals surface area contributed by atoms with Crippen molar-refractivity contribution in [3.8, 4) is 0 Å². The monoisotopic (exact) mass is 601 g/mol. The molecule has 3 saturated carbocycles. The number of rotatable bonds is 8. The van der Waals surface area contributed by atoms with Crippen LogP contribution in [0, 0.1) is 28.6 Å². The molecule has 0 unspecified atom stereocenters. The van der Waals surface area contributed by atoms with Gasteiger partial charge in [-0.3, -0.25) is 24.0 Å². The molecule has 11 heteroatoms. The molecule has 1 aliphatic heterocycles. The van der Waals surface area contributed by atoms with Gasteiger partial charge in [0.15, 0.2) is 18.0 Å². The molecule has 8 atom stereocenters. The van der Waals surface area contributed by atoms with Crippen LogP contribution in [0.5, 0.6) is 0 Å². The Morgan fingerprint density at radius 3 is 2.42 bits per heavy atom. The van der Waals surface area contributed by atoms with Gasteiger partial charge in [0.25, 0.3) is 0 Å². The first-order valence-corrected chi connectivity index (χ1v) is 15.5. The van der Waals surface area contributed by atoms with E-state index in [1.165, 1.54) is 12.5 Å². The highest BCUT2D eigenvalue weighted by molar-refractivity contribution is 5.94. The van der Waals surface area contributed by atoms with Crippen molar-refractivity contribution >= 4 is 35.4 Å². The Labute approximate surface area is 251 Å².